The van der Waals surface area contributed by atoms with Crippen molar-refractivity contribution in [2.24, 2.45) is 0 Å². The first-order valence-electron chi connectivity index (χ1n) is 3.86. The van der Waals surface area contributed by atoms with Crippen molar-refractivity contribution in [2.75, 3.05) is 11.0 Å². The number of aromatic nitrogens is 1. The molecule has 74 valence electrons. The summed E-state index contributed by atoms with van der Waals surface area (Å²) < 4.78 is 25.3. The fourth-order valence-electron chi connectivity index (χ4n) is 1.14. The fourth-order valence-corrected chi connectivity index (χ4v) is 2.35. The number of nitrogens with zero attached hydrogens (tertiary/aromatic N) is 1. The zero-order valence-electron chi connectivity index (χ0n) is 7.39. The molecule has 0 aliphatic rings. The number of hydrogen-bond acceptors (Lipinski definition) is 4. The lowest BCUT2D eigenvalue weighted by atomic mass is 10.3. The van der Waals surface area contributed by atoms with Crippen LogP contribution in [0.15, 0.2) is 23.7 Å². The number of thiazole rings is 1. The summed E-state index contributed by atoms with van der Waals surface area (Å²) >= 11 is 1.53. The van der Waals surface area contributed by atoms with E-state index in [1.54, 1.807) is 17.6 Å². The highest BCUT2D eigenvalue weighted by Crippen LogP contribution is 2.21. The molecule has 0 fully saturated rings. The van der Waals surface area contributed by atoms with Gasteiger partial charge in [-0.05, 0) is 18.2 Å². The zero-order valence-corrected chi connectivity index (χ0v) is 9.02. The van der Waals surface area contributed by atoms with Gasteiger partial charge in [0.2, 0.25) is 10.0 Å². The molecular formula is C8H8N2O2S2. The van der Waals surface area contributed by atoms with Crippen molar-refractivity contribution in [1.82, 2.24) is 4.98 Å². The molecule has 14 heavy (non-hydrogen) atoms. The normalized spacial score (nSPS) is 11.8. The van der Waals surface area contributed by atoms with Crippen molar-refractivity contribution in [3.05, 3.63) is 23.7 Å². The molecule has 1 heterocycles. The molecule has 0 aliphatic heterocycles. The van der Waals surface area contributed by atoms with E-state index in [4.69, 9.17) is 0 Å². The predicted octanol–water partition coefficient (Wildman–Crippen LogP) is 1.67. The molecule has 1 aromatic carbocycles. The summed E-state index contributed by atoms with van der Waals surface area (Å²) in [6.45, 7) is 0. The molecule has 6 heteroatoms. The predicted molar refractivity (Wildman–Crippen MR) is 58.1 cm³/mol. The largest absolute Gasteiger partial charge is 0.284 e. The van der Waals surface area contributed by atoms with Crippen LogP contribution in [0.3, 0.4) is 0 Å². The number of anilines is 1. The maximum atomic E-state index is 10.9. The van der Waals surface area contributed by atoms with Gasteiger partial charge in [0.05, 0.1) is 27.7 Å². The second-order valence-corrected chi connectivity index (χ2v) is 5.54. The van der Waals surface area contributed by atoms with Gasteiger partial charge in [0.25, 0.3) is 0 Å². The molecule has 2 rings (SSSR count). The van der Waals surface area contributed by atoms with Crippen LogP contribution in [0.5, 0.6) is 0 Å². The van der Waals surface area contributed by atoms with Crippen LogP contribution < -0.4 is 4.72 Å². The molecule has 4 nitrogen and oxygen atoms in total. The van der Waals surface area contributed by atoms with E-state index in [0.29, 0.717) is 5.69 Å². The van der Waals surface area contributed by atoms with E-state index in [9.17, 15) is 8.42 Å². The van der Waals surface area contributed by atoms with E-state index >= 15 is 0 Å². The highest BCUT2D eigenvalue weighted by Gasteiger charge is 2.03. The Balaban J connectivity index is 2.44. The average molecular weight is 228 g/mol. The van der Waals surface area contributed by atoms with Gasteiger partial charge in [-0.15, -0.1) is 11.3 Å². The smallest absolute Gasteiger partial charge is 0.229 e. The van der Waals surface area contributed by atoms with Crippen LogP contribution in [-0.4, -0.2) is 19.7 Å². The van der Waals surface area contributed by atoms with Crippen LogP contribution in [0.25, 0.3) is 10.2 Å². The molecule has 0 aliphatic carbocycles. The van der Waals surface area contributed by atoms with Gasteiger partial charge in [-0.25, -0.2) is 13.4 Å². The van der Waals surface area contributed by atoms with E-state index in [2.05, 4.69) is 9.71 Å². The highest BCUT2D eigenvalue weighted by atomic mass is 32.2. The molecule has 0 unspecified atom stereocenters. The highest BCUT2D eigenvalue weighted by molar-refractivity contribution is 7.92. The van der Waals surface area contributed by atoms with Gasteiger partial charge >= 0.3 is 0 Å². The number of rotatable bonds is 2. The zero-order chi connectivity index (χ0) is 10.2. The van der Waals surface area contributed by atoms with Gasteiger partial charge in [0.15, 0.2) is 0 Å². The third-order valence-corrected chi connectivity index (χ3v) is 3.05. The van der Waals surface area contributed by atoms with Crippen molar-refractivity contribution < 1.29 is 8.42 Å². The molecule has 0 amide bonds. The minimum Gasteiger partial charge on any atom is -0.284 e. The van der Waals surface area contributed by atoms with E-state index in [-0.39, 0.29) is 0 Å². The fraction of sp³-hybridized carbons (Fsp3) is 0.125. The minimum atomic E-state index is -3.20. The monoisotopic (exact) mass is 228 g/mol. The SMILES string of the molecule is CS(=O)(=O)Nc1ccc2scnc2c1. The molecule has 0 radical (unpaired) electrons. The Morgan fingerprint density at radius 3 is 2.93 bits per heavy atom. The Kier molecular flexibility index (Phi) is 2.16. The summed E-state index contributed by atoms with van der Waals surface area (Å²) in [4.78, 5) is 4.09. The van der Waals surface area contributed by atoms with Gasteiger partial charge in [0, 0.05) is 0 Å². The first-order valence-corrected chi connectivity index (χ1v) is 6.63. The Morgan fingerprint density at radius 1 is 1.43 bits per heavy atom. The van der Waals surface area contributed by atoms with E-state index in [0.717, 1.165) is 16.5 Å². The Morgan fingerprint density at radius 2 is 2.21 bits per heavy atom. The second kappa shape index (κ2) is 3.21. The minimum absolute atomic E-state index is 0.547. The quantitative estimate of drug-likeness (QED) is 0.850. The first-order chi connectivity index (χ1) is 6.54. The Labute approximate surface area is 85.6 Å². The van der Waals surface area contributed by atoms with E-state index in [1.165, 1.54) is 11.3 Å². The van der Waals surface area contributed by atoms with E-state index in [1.807, 2.05) is 6.07 Å². The standard InChI is InChI=1S/C8H8N2O2S2/c1-14(11,12)10-6-2-3-8-7(4-6)9-5-13-8/h2-5,10H,1H3. The van der Waals surface area contributed by atoms with Crippen molar-refractivity contribution in [1.29, 1.82) is 0 Å². The Bertz CT molecular complexity index is 559. The average Bonchev–Trinajstić information content (AvgIpc) is 2.47. The van der Waals surface area contributed by atoms with Gasteiger partial charge < -0.3 is 0 Å². The molecule has 0 bridgehead atoms. The van der Waals surface area contributed by atoms with Crippen molar-refractivity contribution in [2.45, 2.75) is 0 Å². The third-order valence-electron chi connectivity index (χ3n) is 1.63. The number of fused-ring (bicyclic) bond motifs is 1. The van der Waals surface area contributed by atoms with Crippen LogP contribution in [0.1, 0.15) is 0 Å². The molecule has 1 N–H and O–H groups in total. The lowest BCUT2D eigenvalue weighted by molar-refractivity contribution is 0.607. The summed E-state index contributed by atoms with van der Waals surface area (Å²) in [6.07, 6.45) is 1.12. The maximum absolute atomic E-state index is 10.9. The summed E-state index contributed by atoms with van der Waals surface area (Å²) in [7, 11) is -3.20. The van der Waals surface area contributed by atoms with E-state index < -0.39 is 10.0 Å². The van der Waals surface area contributed by atoms with Gasteiger partial charge in [-0.1, -0.05) is 0 Å². The molecule has 0 atom stereocenters. The first kappa shape index (κ1) is 9.42. The van der Waals surface area contributed by atoms with Crippen molar-refractivity contribution >= 4 is 37.3 Å². The molecule has 0 saturated carbocycles. The van der Waals surface area contributed by atoms with Gasteiger partial charge in [0.1, 0.15) is 0 Å². The van der Waals surface area contributed by atoms with Crippen molar-refractivity contribution in [3.8, 4) is 0 Å². The lowest BCUT2D eigenvalue weighted by Gasteiger charge is -2.02. The molecule has 1 aromatic heterocycles. The van der Waals surface area contributed by atoms with Gasteiger partial charge in [-0.3, -0.25) is 4.72 Å². The summed E-state index contributed by atoms with van der Waals surface area (Å²) in [5.74, 6) is 0. The topological polar surface area (TPSA) is 59.1 Å². The number of hydrogen-bond donors (Lipinski definition) is 1. The lowest BCUT2D eigenvalue weighted by Crippen LogP contribution is -2.09. The van der Waals surface area contributed by atoms with Crippen LogP contribution in [0.4, 0.5) is 5.69 Å². The molecule has 0 spiro atoms. The van der Waals surface area contributed by atoms with Crippen LogP contribution >= 0.6 is 11.3 Å². The Hall–Kier alpha value is -1.14. The molecule has 0 saturated heterocycles. The van der Waals surface area contributed by atoms with Crippen LogP contribution in [0.2, 0.25) is 0 Å². The summed E-state index contributed by atoms with van der Waals surface area (Å²) in [6, 6.07) is 5.29. The number of sulfonamides is 1. The second-order valence-electron chi connectivity index (χ2n) is 2.91. The molecular weight excluding hydrogens is 220 g/mol. The maximum Gasteiger partial charge on any atom is 0.229 e. The summed E-state index contributed by atoms with van der Waals surface area (Å²) in [5, 5.41) is 0. The molecule has 2 aromatic rings. The third kappa shape index (κ3) is 2.02. The van der Waals surface area contributed by atoms with Gasteiger partial charge in [-0.2, -0.15) is 0 Å². The summed E-state index contributed by atoms with van der Waals surface area (Å²) in [5.41, 5.74) is 3.09. The van der Waals surface area contributed by atoms with Crippen LogP contribution in [-0.2, 0) is 10.0 Å². The van der Waals surface area contributed by atoms with Crippen molar-refractivity contribution in [3.63, 3.8) is 0 Å². The number of nitrogens with one attached hydrogen (secondary N) is 1. The van der Waals surface area contributed by atoms with Crippen LogP contribution in [0, 0.1) is 0 Å². The number of benzene rings is 1.